The lowest BCUT2D eigenvalue weighted by Gasteiger charge is -2.08. The smallest absolute Gasteiger partial charge is 0.322 e. The van der Waals surface area contributed by atoms with Gasteiger partial charge in [0.15, 0.2) is 0 Å². The second-order valence-corrected chi connectivity index (χ2v) is 8.47. The van der Waals surface area contributed by atoms with Gasteiger partial charge in [-0.15, -0.1) is 0 Å². The lowest BCUT2D eigenvalue weighted by Crippen LogP contribution is -2.14. The molecule has 0 radical (unpaired) electrons. The number of carbonyl (C=O) groups excluding carboxylic acids is 2. The molecule has 0 unspecified atom stereocenters. The second kappa shape index (κ2) is 10.1. The lowest BCUT2D eigenvalue weighted by molar-refractivity contribution is -0.132. The summed E-state index contributed by atoms with van der Waals surface area (Å²) in [4.78, 5) is 30.0. The van der Waals surface area contributed by atoms with Gasteiger partial charge in [0.25, 0.3) is 5.91 Å². The van der Waals surface area contributed by atoms with Crippen molar-refractivity contribution in [3.8, 4) is 5.75 Å². The van der Waals surface area contributed by atoms with Crippen LogP contribution >= 0.6 is 23.6 Å². The van der Waals surface area contributed by atoms with Crippen molar-refractivity contribution >= 4 is 46.4 Å². The maximum atomic E-state index is 13.3. The maximum Gasteiger partial charge on any atom is 0.322 e. The molecule has 0 aliphatic rings. The zero-order valence-corrected chi connectivity index (χ0v) is 19.7. The van der Waals surface area contributed by atoms with E-state index in [-0.39, 0.29) is 12.3 Å². The minimum atomic E-state index is -0.391. The summed E-state index contributed by atoms with van der Waals surface area (Å²) in [5.41, 5.74) is 3.60. The van der Waals surface area contributed by atoms with Gasteiger partial charge in [-0.05, 0) is 72.6 Å². The van der Waals surface area contributed by atoms with Crippen LogP contribution < -0.4 is 4.74 Å². The van der Waals surface area contributed by atoms with Crippen LogP contribution in [0.4, 0.5) is 0 Å². The van der Waals surface area contributed by atoms with E-state index in [1.165, 1.54) is 0 Å². The van der Waals surface area contributed by atoms with Crippen LogP contribution in [0.15, 0.2) is 67.0 Å². The first-order valence-electron chi connectivity index (χ1n) is 10.2. The number of aromatic nitrogens is 2. The molecular formula is C25H21ClN2O4S. The van der Waals surface area contributed by atoms with Gasteiger partial charge in [-0.1, -0.05) is 11.6 Å². The molecule has 0 aliphatic heterocycles. The third-order valence-electron chi connectivity index (χ3n) is 5.28. The normalized spacial score (nSPS) is 10.9. The maximum absolute atomic E-state index is 13.3. The van der Waals surface area contributed by atoms with Crippen molar-refractivity contribution in [1.82, 2.24) is 9.55 Å². The molecule has 33 heavy (non-hydrogen) atoms. The van der Waals surface area contributed by atoms with E-state index in [0.717, 1.165) is 28.6 Å². The van der Waals surface area contributed by atoms with Gasteiger partial charge in [-0.25, -0.2) is 0 Å². The lowest BCUT2D eigenvalue weighted by atomic mass is 10.1. The summed E-state index contributed by atoms with van der Waals surface area (Å²) >= 11 is 7.05. The standard InChI is InChI=1S/C25H21ClN2O4S/c1-16-21(14-24(29)32-33-15-17-9-11-27-12-10-17)22-13-20(31-2)7-8-23(22)28(16)25(30)18-3-5-19(26)6-4-18/h3-13H,14-15H2,1-2H3. The van der Waals surface area contributed by atoms with E-state index in [9.17, 15) is 9.59 Å². The average molecular weight is 481 g/mol. The van der Waals surface area contributed by atoms with E-state index in [2.05, 4.69) is 4.98 Å². The molecule has 0 atom stereocenters. The summed E-state index contributed by atoms with van der Waals surface area (Å²) in [5, 5.41) is 1.32. The molecular weight excluding hydrogens is 460 g/mol. The van der Waals surface area contributed by atoms with E-state index in [4.69, 9.17) is 20.5 Å². The number of hydrogen-bond acceptors (Lipinski definition) is 6. The summed E-state index contributed by atoms with van der Waals surface area (Å²) < 4.78 is 12.4. The summed E-state index contributed by atoms with van der Waals surface area (Å²) in [6.45, 7) is 1.83. The number of benzene rings is 2. The highest BCUT2D eigenvalue weighted by atomic mass is 35.5. The van der Waals surface area contributed by atoms with E-state index < -0.39 is 5.97 Å². The van der Waals surface area contributed by atoms with Crippen LogP contribution in [0, 0.1) is 6.92 Å². The number of methoxy groups -OCH3 is 1. The molecule has 0 saturated carbocycles. The topological polar surface area (TPSA) is 70.4 Å². The number of ether oxygens (including phenoxy) is 1. The minimum absolute atomic E-state index is 0.0275. The molecule has 2 heterocycles. The Labute approximate surface area is 200 Å². The Kier molecular flexibility index (Phi) is 7.01. The Balaban J connectivity index is 1.62. The van der Waals surface area contributed by atoms with Crippen molar-refractivity contribution < 1.29 is 18.5 Å². The van der Waals surface area contributed by atoms with Crippen LogP contribution in [0.3, 0.4) is 0 Å². The Morgan fingerprint density at radius 2 is 1.79 bits per heavy atom. The molecule has 0 bridgehead atoms. The molecule has 0 aliphatic carbocycles. The van der Waals surface area contributed by atoms with Gasteiger partial charge in [0, 0.05) is 34.1 Å². The average Bonchev–Trinajstić information content (AvgIpc) is 3.10. The monoisotopic (exact) mass is 480 g/mol. The highest BCUT2D eigenvalue weighted by molar-refractivity contribution is 7.94. The molecule has 168 valence electrons. The quantitative estimate of drug-likeness (QED) is 0.319. The molecule has 4 rings (SSSR count). The molecule has 0 amide bonds. The zero-order chi connectivity index (χ0) is 23.4. The largest absolute Gasteiger partial charge is 0.497 e. The number of rotatable bonds is 7. The van der Waals surface area contributed by atoms with Crippen LogP contribution in [0.1, 0.15) is 27.2 Å². The van der Waals surface area contributed by atoms with Gasteiger partial charge >= 0.3 is 5.97 Å². The molecule has 8 heteroatoms. The first kappa shape index (κ1) is 22.9. The van der Waals surface area contributed by atoms with Crippen molar-refractivity contribution in [3.05, 3.63) is 94.4 Å². The number of nitrogens with zero attached hydrogens (tertiary/aromatic N) is 2. The Morgan fingerprint density at radius 3 is 2.48 bits per heavy atom. The summed E-state index contributed by atoms with van der Waals surface area (Å²) in [7, 11) is 1.58. The predicted octanol–water partition coefficient (Wildman–Crippen LogP) is 5.63. The second-order valence-electron chi connectivity index (χ2n) is 7.34. The zero-order valence-electron chi connectivity index (χ0n) is 18.1. The third-order valence-corrected chi connectivity index (χ3v) is 6.29. The van der Waals surface area contributed by atoms with Crippen LogP contribution in [-0.4, -0.2) is 28.5 Å². The number of hydrogen-bond donors (Lipinski definition) is 0. The van der Waals surface area contributed by atoms with Crippen LogP contribution in [0.5, 0.6) is 5.75 Å². The summed E-state index contributed by atoms with van der Waals surface area (Å²) in [5.74, 6) is 0.571. The molecule has 0 N–H and O–H groups in total. The molecule has 0 spiro atoms. The van der Waals surface area contributed by atoms with Gasteiger partial charge in [0.2, 0.25) is 0 Å². The Morgan fingerprint density at radius 1 is 1.06 bits per heavy atom. The third kappa shape index (κ3) is 5.05. The van der Waals surface area contributed by atoms with Crippen molar-refractivity contribution in [2.24, 2.45) is 0 Å². The van der Waals surface area contributed by atoms with Gasteiger partial charge < -0.3 is 8.92 Å². The van der Waals surface area contributed by atoms with Gasteiger partial charge in [-0.2, -0.15) is 0 Å². The fourth-order valence-electron chi connectivity index (χ4n) is 3.61. The van der Waals surface area contributed by atoms with Gasteiger partial charge in [0.05, 0.1) is 36.8 Å². The van der Waals surface area contributed by atoms with Crippen molar-refractivity contribution in [1.29, 1.82) is 0 Å². The minimum Gasteiger partial charge on any atom is -0.497 e. The first-order chi connectivity index (χ1) is 16.0. The van der Waals surface area contributed by atoms with E-state index in [0.29, 0.717) is 33.3 Å². The molecule has 2 aromatic carbocycles. The van der Waals surface area contributed by atoms with Crippen molar-refractivity contribution in [2.45, 2.75) is 19.1 Å². The first-order valence-corrected chi connectivity index (χ1v) is 11.5. The summed E-state index contributed by atoms with van der Waals surface area (Å²) in [6.07, 6.45) is 3.42. The predicted molar refractivity (Wildman–Crippen MR) is 130 cm³/mol. The Bertz CT molecular complexity index is 1300. The molecule has 2 aromatic heterocycles. The van der Waals surface area contributed by atoms with Gasteiger partial charge in [0.1, 0.15) is 5.75 Å². The fraction of sp³-hybridized carbons (Fsp3) is 0.160. The SMILES string of the molecule is COc1ccc2c(c1)c(CC(=O)OSCc1ccncc1)c(C)n2C(=O)c1ccc(Cl)cc1. The summed E-state index contributed by atoms with van der Waals surface area (Å²) in [6, 6.07) is 15.9. The number of halogens is 1. The number of pyridine rings is 1. The molecule has 6 nitrogen and oxygen atoms in total. The van der Waals surface area contributed by atoms with Crippen molar-refractivity contribution in [2.75, 3.05) is 7.11 Å². The van der Waals surface area contributed by atoms with Crippen molar-refractivity contribution in [3.63, 3.8) is 0 Å². The number of carbonyl (C=O) groups is 2. The van der Waals surface area contributed by atoms with Gasteiger partial charge in [-0.3, -0.25) is 19.1 Å². The van der Waals surface area contributed by atoms with E-state index in [1.54, 1.807) is 54.4 Å². The van der Waals surface area contributed by atoms with E-state index >= 15 is 0 Å². The number of fused-ring (bicyclic) bond motifs is 1. The van der Waals surface area contributed by atoms with Crippen LogP contribution in [-0.2, 0) is 21.2 Å². The Hall–Kier alpha value is -3.29. The van der Waals surface area contributed by atoms with Crippen LogP contribution in [0.25, 0.3) is 10.9 Å². The molecule has 0 fully saturated rings. The van der Waals surface area contributed by atoms with E-state index in [1.807, 2.05) is 31.2 Å². The fourth-order valence-corrected chi connectivity index (χ4v) is 4.32. The van der Waals surface area contributed by atoms with Crippen LogP contribution in [0.2, 0.25) is 5.02 Å². The highest BCUT2D eigenvalue weighted by Gasteiger charge is 2.22. The molecule has 4 aromatic rings. The highest BCUT2D eigenvalue weighted by Crippen LogP contribution is 2.31. The molecule has 0 saturated heterocycles.